The summed E-state index contributed by atoms with van der Waals surface area (Å²) >= 11 is 0. The molecule has 2 saturated carbocycles. The number of rotatable bonds is 3. The molecule has 2 aliphatic carbocycles. The number of nitrogens with one attached hydrogen (secondary N) is 1. The Morgan fingerprint density at radius 2 is 1.44 bits per heavy atom. The zero-order chi connectivity index (χ0) is 20.0. The quantitative estimate of drug-likeness (QED) is 0.679. The van der Waals surface area contributed by atoms with Crippen molar-refractivity contribution in [1.82, 2.24) is 5.32 Å². The molecule has 0 unspecified atom stereocenters. The van der Waals surface area contributed by atoms with Gasteiger partial charge in [0.05, 0.1) is 5.25 Å². The summed E-state index contributed by atoms with van der Waals surface area (Å²) in [6.07, 6.45) is 15.1. The van der Waals surface area contributed by atoms with E-state index in [9.17, 15) is 9.00 Å². The SMILES string of the molecule is C[C@H](NC(=O)OC(C)(C)C)[C]1[CH][CH][CH][C]1[S@@](=O)C(C)(C)C.[CH]1[CH][CH][CH][CH]1.[Fe+2]. The van der Waals surface area contributed by atoms with E-state index in [0.717, 1.165) is 11.2 Å². The summed E-state index contributed by atoms with van der Waals surface area (Å²) in [5.41, 5.74) is -0.535. The van der Waals surface area contributed by atoms with Gasteiger partial charge in [0.1, 0.15) is 5.60 Å². The summed E-state index contributed by atoms with van der Waals surface area (Å²) in [5.74, 6) is 0.870. The minimum Gasteiger partial charge on any atom is -0.444 e. The number of hydrogen-bond donors (Lipinski definition) is 1. The molecule has 0 saturated heterocycles. The fourth-order valence-electron chi connectivity index (χ4n) is 2.16. The standard InChI is InChI=1S/C16H26NO3S.C5H5.Fe/c1-11(17-14(18)20-15(2,3)4)12-9-8-10-13(12)21(19)16(5,6)7;1-2-4-5-3-1;/h8-11H,1-7H3,(H,17,18);1-5H;/q;;+2/t11-,21+;;/m0../s1. The molecule has 0 aromatic heterocycles. The fraction of sp³-hybridized carbons (Fsp3) is 0.476. The molecule has 0 aromatic carbocycles. The van der Waals surface area contributed by atoms with Gasteiger partial charge >= 0.3 is 23.2 Å². The van der Waals surface area contributed by atoms with Crippen molar-refractivity contribution in [2.45, 2.75) is 64.9 Å². The van der Waals surface area contributed by atoms with Crippen molar-refractivity contribution >= 4 is 16.9 Å². The van der Waals surface area contributed by atoms with Crippen LogP contribution in [0.5, 0.6) is 0 Å². The zero-order valence-corrected chi connectivity index (χ0v) is 19.1. The number of amides is 1. The summed E-state index contributed by atoms with van der Waals surface area (Å²) in [7, 11) is -1.13. The summed E-state index contributed by atoms with van der Waals surface area (Å²) in [5, 5.41) is 3.56. The van der Waals surface area contributed by atoms with Crippen LogP contribution in [0.3, 0.4) is 0 Å². The molecule has 27 heavy (non-hydrogen) atoms. The molecule has 4 nitrogen and oxygen atoms in total. The van der Waals surface area contributed by atoms with Crippen LogP contribution in [0.15, 0.2) is 0 Å². The predicted octanol–water partition coefficient (Wildman–Crippen LogP) is 4.20. The smallest absolute Gasteiger partial charge is 0.444 e. The largest absolute Gasteiger partial charge is 2.00 e. The van der Waals surface area contributed by atoms with Crippen molar-refractivity contribution in [1.29, 1.82) is 0 Å². The fourth-order valence-corrected chi connectivity index (χ4v) is 3.48. The van der Waals surface area contributed by atoms with Gasteiger partial charge in [0, 0.05) is 27.5 Å². The molecule has 2 aliphatic rings. The number of hydrogen-bond acceptors (Lipinski definition) is 3. The summed E-state index contributed by atoms with van der Waals surface area (Å²) in [6, 6.07) is -0.254. The van der Waals surface area contributed by atoms with Gasteiger partial charge in [-0.05, 0) is 99.8 Å². The van der Waals surface area contributed by atoms with Crippen molar-refractivity contribution in [2.24, 2.45) is 0 Å². The van der Waals surface area contributed by atoms with Crippen LogP contribution in [0.4, 0.5) is 4.79 Å². The van der Waals surface area contributed by atoms with Gasteiger partial charge in [-0.2, -0.15) is 0 Å². The van der Waals surface area contributed by atoms with Gasteiger partial charge in [-0.1, -0.05) is 0 Å². The molecule has 6 heteroatoms. The number of alkyl carbamates (subject to hydrolysis) is 1. The molecule has 0 aromatic rings. The third kappa shape index (κ3) is 10.3. The molecule has 0 bridgehead atoms. The molecule has 150 valence electrons. The topological polar surface area (TPSA) is 55.4 Å². The van der Waals surface area contributed by atoms with Crippen LogP contribution in [0.1, 0.15) is 48.5 Å². The average Bonchev–Trinajstić information content (AvgIpc) is 3.17. The first kappa shape index (κ1) is 26.9. The monoisotopic (exact) mass is 433 g/mol. The van der Waals surface area contributed by atoms with E-state index in [2.05, 4.69) is 5.32 Å². The molecular formula is C21H31FeNO3S+2. The van der Waals surface area contributed by atoms with Gasteiger partial charge < -0.3 is 10.1 Å². The van der Waals surface area contributed by atoms with Crippen LogP contribution in [-0.2, 0) is 32.6 Å². The van der Waals surface area contributed by atoms with Crippen LogP contribution >= 0.6 is 0 Å². The number of carbonyl (C=O) groups is 1. The first-order valence-corrected chi connectivity index (χ1v) is 9.90. The Morgan fingerprint density at radius 3 is 1.85 bits per heavy atom. The maximum Gasteiger partial charge on any atom is 2.00 e. The average molecular weight is 433 g/mol. The second kappa shape index (κ2) is 11.8. The molecule has 2 rings (SSSR count). The first-order valence-electron chi connectivity index (χ1n) is 8.75. The Balaban J connectivity index is 0.000000969. The van der Waals surface area contributed by atoms with Gasteiger partial charge in [-0.25, -0.2) is 4.79 Å². The van der Waals surface area contributed by atoms with Crippen LogP contribution in [0, 0.1) is 62.5 Å². The molecule has 2 atom stereocenters. The van der Waals surface area contributed by atoms with Gasteiger partial charge in [0.2, 0.25) is 0 Å². The van der Waals surface area contributed by atoms with Gasteiger partial charge in [-0.15, -0.1) is 0 Å². The van der Waals surface area contributed by atoms with Crippen molar-refractivity contribution < 1.29 is 30.8 Å². The summed E-state index contributed by atoms with van der Waals surface area (Å²) in [6.45, 7) is 13.1. The molecule has 1 N–H and O–H groups in total. The van der Waals surface area contributed by atoms with E-state index in [1.54, 1.807) is 0 Å². The van der Waals surface area contributed by atoms with E-state index >= 15 is 0 Å². The van der Waals surface area contributed by atoms with Gasteiger partial charge in [0.25, 0.3) is 0 Å². The summed E-state index contributed by atoms with van der Waals surface area (Å²) < 4.78 is 17.4. The molecule has 0 heterocycles. The maximum absolute atomic E-state index is 12.5. The molecular weight excluding hydrogens is 402 g/mol. The number of carbonyl (C=O) groups excluding carboxylic acids is 1. The van der Waals surface area contributed by atoms with Crippen LogP contribution in [0.25, 0.3) is 0 Å². The zero-order valence-electron chi connectivity index (χ0n) is 17.2. The molecule has 1 amide bonds. The third-order valence-corrected chi connectivity index (χ3v) is 5.20. The van der Waals surface area contributed by atoms with E-state index in [4.69, 9.17) is 4.74 Å². The molecule has 2 fully saturated rings. The van der Waals surface area contributed by atoms with E-state index in [0.29, 0.717) is 0 Å². The van der Waals surface area contributed by atoms with Crippen molar-refractivity contribution in [3.05, 3.63) is 62.5 Å². The van der Waals surface area contributed by atoms with Gasteiger partial charge in [0.15, 0.2) is 0 Å². The third-order valence-electron chi connectivity index (χ3n) is 3.32. The van der Waals surface area contributed by atoms with Crippen LogP contribution in [0.2, 0.25) is 0 Å². The van der Waals surface area contributed by atoms with Crippen molar-refractivity contribution in [2.75, 3.05) is 0 Å². The second-order valence-electron chi connectivity index (χ2n) is 8.06. The van der Waals surface area contributed by atoms with E-state index in [1.165, 1.54) is 0 Å². The van der Waals surface area contributed by atoms with Gasteiger partial charge in [-0.3, -0.25) is 4.21 Å². The first-order chi connectivity index (χ1) is 11.9. The van der Waals surface area contributed by atoms with E-state index < -0.39 is 22.5 Å². The Morgan fingerprint density at radius 1 is 0.963 bits per heavy atom. The van der Waals surface area contributed by atoms with Crippen LogP contribution in [-0.4, -0.2) is 26.7 Å². The molecule has 0 aliphatic heterocycles. The number of ether oxygens (including phenoxy) is 1. The summed E-state index contributed by atoms with van der Waals surface area (Å²) in [4.78, 5) is 11.8. The van der Waals surface area contributed by atoms with Crippen molar-refractivity contribution in [3.63, 3.8) is 0 Å². The second-order valence-corrected chi connectivity index (χ2v) is 10.3. The minimum atomic E-state index is -1.13. The van der Waals surface area contributed by atoms with Crippen LogP contribution < -0.4 is 5.32 Å². The van der Waals surface area contributed by atoms with Crippen molar-refractivity contribution in [3.8, 4) is 0 Å². The van der Waals surface area contributed by atoms with E-state index in [-0.39, 0.29) is 27.9 Å². The predicted molar refractivity (Wildman–Crippen MR) is 108 cm³/mol. The Kier molecular flexibility index (Phi) is 11.8. The minimum absolute atomic E-state index is 0. The molecule has 0 spiro atoms. The molecule has 10 radical (unpaired) electrons. The maximum atomic E-state index is 12.5. The Hall–Kier alpha value is -0.0605. The normalized spacial score (nSPS) is 20.9. The Bertz CT molecular complexity index is 459. The Labute approximate surface area is 180 Å². The van der Waals surface area contributed by atoms with E-state index in [1.807, 2.05) is 99.8 Å².